The molecule has 1 aliphatic rings. The minimum Gasteiger partial charge on any atom is -0.309 e. The van der Waals surface area contributed by atoms with E-state index in [2.05, 4.69) is 187 Å². The summed E-state index contributed by atoms with van der Waals surface area (Å²) < 4.78 is 4.74. The van der Waals surface area contributed by atoms with Crippen molar-refractivity contribution >= 4 is 43.6 Å². The van der Waals surface area contributed by atoms with Crippen LogP contribution in [0.1, 0.15) is 25.0 Å². The molecule has 3 heteroatoms. The second-order valence-corrected chi connectivity index (χ2v) is 14.4. The van der Waals surface area contributed by atoms with E-state index in [1.165, 1.54) is 71.6 Å². The van der Waals surface area contributed by atoms with Gasteiger partial charge in [-0.15, -0.1) is 0 Å². The maximum atomic E-state index is 5.23. The van der Waals surface area contributed by atoms with Crippen molar-refractivity contribution in [3.63, 3.8) is 0 Å². The third-order valence-corrected chi connectivity index (χ3v) is 11.3. The largest absolute Gasteiger partial charge is 0.309 e. The number of hydrogen-bond donors (Lipinski definition) is 0. The molecule has 0 saturated carbocycles. The molecule has 2 aromatic heterocycles. The highest BCUT2D eigenvalue weighted by atomic mass is 15.1. The number of para-hydroxylation sites is 3. The summed E-state index contributed by atoms with van der Waals surface area (Å²) >= 11 is 0. The Bertz CT molecular complexity index is 2980. The summed E-state index contributed by atoms with van der Waals surface area (Å²) in [4.78, 5) is 5.23. The van der Waals surface area contributed by atoms with E-state index in [-0.39, 0.29) is 5.41 Å². The van der Waals surface area contributed by atoms with E-state index in [0.717, 1.165) is 28.1 Å². The second kappa shape index (κ2) is 10.3. The number of benzene rings is 8. The summed E-state index contributed by atoms with van der Waals surface area (Å²) in [6.07, 6.45) is 0. The first-order valence-electron chi connectivity index (χ1n) is 17.7. The van der Waals surface area contributed by atoms with Gasteiger partial charge >= 0.3 is 0 Å². The van der Waals surface area contributed by atoms with Crippen molar-refractivity contribution < 1.29 is 0 Å². The number of fused-ring (bicyclic) bond motifs is 4. The van der Waals surface area contributed by atoms with Gasteiger partial charge in [0.15, 0.2) is 0 Å². The molecule has 3 nitrogen and oxygen atoms in total. The summed E-state index contributed by atoms with van der Waals surface area (Å²) in [5.41, 5.74) is 15.7. The fourth-order valence-electron chi connectivity index (χ4n) is 8.91. The molecule has 1 aliphatic carbocycles. The highest BCUT2D eigenvalue weighted by Crippen LogP contribution is 2.49. The summed E-state index contributed by atoms with van der Waals surface area (Å²) in [6, 6.07) is 59.8. The van der Waals surface area contributed by atoms with Gasteiger partial charge in [0.1, 0.15) is 5.82 Å². The van der Waals surface area contributed by atoms with Crippen LogP contribution in [0.25, 0.3) is 88.6 Å². The molecule has 11 rings (SSSR count). The van der Waals surface area contributed by atoms with Crippen LogP contribution in [-0.4, -0.2) is 14.1 Å². The van der Waals surface area contributed by atoms with Crippen LogP contribution in [0.15, 0.2) is 164 Å². The van der Waals surface area contributed by atoms with Crippen molar-refractivity contribution in [1.29, 1.82) is 0 Å². The Kier molecular flexibility index (Phi) is 5.73. The number of rotatable bonds is 4. The van der Waals surface area contributed by atoms with Gasteiger partial charge in [-0.05, 0) is 92.7 Å². The van der Waals surface area contributed by atoms with E-state index >= 15 is 0 Å². The van der Waals surface area contributed by atoms with Crippen LogP contribution in [0.2, 0.25) is 0 Å². The molecule has 0 fully saturated rings. The first-order valence-corrected chi connectivity index (χ1v) is 17.7. The smallest absolute Gasteiger partial charge is 0.145 e. The SMILES string of the molecule is CC1(C)c2ccccc2-c2ccc(-n3c(-c4ccc(-c5ccc6c7c5ccc5cccc(c57)n6-c5ccccc5)cc4)nc4ccccc43)cc21. The zero-order chi connectivity index (χ0) is 33.8. The molecule has 0 atom stereocenters. The Morgan fingerprint density at radius 3 is 2.04 bits per heavy atom. The van der Waals surface area contributed by atoms with Gasteiger partial charge in [0.25, 0.3) is 0 Å². The monoisotopic (exact) mass is 651 g/mol. The lowest BCUT2D eigenvalue weighted by atomic mass is 9.82. The molecule has 51 heavy (non-hydrogen) atoms. The molecular formula is C48H33N3. The predicted octanol–water partition coefficient (Wildman–Crippen LogP) is 12.4. The Morgan fingerprint density at radius 2 is 1.16 bits per heavy atom. The molecule has 0 spiro atoms. The lowest BCUT2D eigenvalue weighted by Gasteiger charge is -2.22. The Morgan fingerprint density at radius 1 is 0.451 bits per heavy atom. The van der Waals surface area contributed by atoms with Gasteiger partial charge < -0.3 is 4.57 Å². The van der Waals surface area contributed by atoms with Crippen molar-refractivity contribution in [2.24, 2.45) is 0 Å². The first-order chi connectivity index (χ1) is 25.1. The van der Waals surface area contributed by atoms with E-state index in [1.54, 1.807) is 0 Å². The van der Waals surface area contributed by atoms with Crippen molar-refractivity contribution in [2.45, 2.75) is 19.3 Å². The maximum Gasteiger partial charge on any atom is 0.145 e. The summed E-state index contributed by atoms with van der Waals surface area (Å²) in [5, 5.41) is 5.18. The molecule has 10 aromatic rings. The molecular weight excluding hydrogens is 619 g/mol. The van der Waals surface area contributed by atoms with Crippen LogP contribution in [0.5, 0.6) is 0 Å². The molecule has 0 aliphatic heterocycles. The molecule has 0 radical (unpaired) electrons. The summed E-state index contributed by atoms with van der Waals surface area (Å²) in [6.45, 7) is 4.68. The number of aromatic nitrogens is 3. The lowest BCUT2D eigenvalue weighted by molar-refractivity contribution is 0.660. The van der Waals surface area contributed by atoms with E-state index < -0.39 is 0 Å². The quantitative estimate of drug-likeness (QED) is 0.174. The summed E-state index contributed by atoms with van der Waals surface area (Å²) in [5.74, 6) is 0.947. The zero-order valence-electron chi connectivity index (χ0n) is 28.4. The molecule has 0 unspecified atom stereocenters. The second-order valence-electron chi connectivity index (χ2n) is 14.4. The molecule has 8 aromatic carbocycles. The average molecular weight is 652 g/mol. The van der Waals surface area contributed by atoms with Gasteiger partial charge in [-0.25, -0.2) is 4.98 Å². The van der Waals surface area contributed by atoms with Gasteiger partial charge in [0.05, 0.1) is 22.1 Å². The van der Waals surface area contributed by atoms with Crippen LogP contribution in [0.3, 0.4) is 0 Å². The molecule has 0 bridgehead atoms. The summed E-state index contributed by atoms with van der Waals surface area (Å²) in [7, 11) is 0. The number of nitrogens with zero attached hydrogens (tertiary/aromatic N) is 3. The van der Waals surface area contributed by atoms with Gasteiger partial charge in [0, 0.05) is 33.1 Å². The molecule has 2 heterocycles. The number of imidazole rings is 1. The highest BCUT2D eigenvalue weighted by Gasteiger charge is 2.35. The normalized spacial score (nSPS) is 13.5. The van der Waals surface area contributed by atoms with Crippen molar-refractivity contribution in [3.05, 3.63) is 175 Å². The maximum absolute atomic E-state index is 5.23. The predicted molar refractivity (Wildman–Crippen MR) is 213 cm³/mol. The Balaban J connectivity index is 1.05. The standard InChI is InChI=1S/C48H33N3/c1-48(2)39-15-7-6-14-36(39)37-26-24-34(29-40(37)48)51-42-17-9-8-16-41(42)49-47(51)32-21-19-30(20-22-32)35-27-28-44-46-38(35)25-23-31-11-10-18-43(45(31)46)50(44)33-12-4-3-5-13-33/h3-29H,1-2H3. The Labute approximate surface area is 296 Å². The van der Waals surface area contributed by atoms with Gasteiger partial charge in [-0.1, -0.05) is 129 Å². The van der Waals surface area contributed by atoms with Crippen LogP contribution < -0.4 is 0 Å². The fourth-order valence-corrected chi connectivity index (χ4v) is 8.91. The zero-order valence-corrected chi connectivity index (χ0v) is 28.4. The van der Waals surface area contributed by atoms with Crippen LogP contribution in [0.4, 0.5) is 0 Å². The molecule has 0 N–H and O–H groups in total. The van der Waals surface area contributed by atoms with E-state index in [0.29, 0.717) is 0 Å². The third-order valence-electron chi connectivity index (χ3n) is 11.3. The minimum absolute atomic E-state index is 0.0792. The van der Waals surface area contributed by atoms with E-state index in [9.17, 15) is 0 Å². The van der Waals surface area contributed by atoms with E-state index in [4.69, 9.17) is 4.98 Å². The van der Waals surface area contributed by atoms with Crippen LogP contribution >= 0.6 is 0 Å². The van der Waals surface area contributed by atoms with E-state index in [1.807, 2.05) is 0 Å². The van der Waals surface area contributed by atoms with Crippen molar-refractivity contribution in [3.8, 4) is 45.0 Å². The van der Waals surface area contributed by atoms with Crippen molar-refractivity contribution in [2.75, 3.05) is 0 Å². The fraction of sp³-hybridized carbons (Fsp3) is 0.0625. The first kappa shape index (κ1) is 28.4. The minimum atomic E-state index is -0.0792. The third kappa shape index (κ3) is 3.92. The molecule has 0 saturated heterocycles. The van der Waals surface area contributed by atoms with Crippen LogP contribution in [-0.2, 0) is 5.41 Å². The van der Waals surface area contributed by atoms with Crippen LogP contribution in [0, 0.1) is 0 Å². The topological polar surface area (TPSA) is 22.8 Å². The van der Waals surface area contributed by atoms with Gasteiger partial charge in [-0.2, -0.15) is 0 Å². The van der Waals surface area contributed by atoms with Gasteiger partial charge in [0.2, 0.25) is 0 Å². The lowest BCUT2D eigenvalue weighted by Crippen LogP contribution is -2.15. The highest BCUT2D eigenvalue weighted by molar-refractivity contribution is 6.26. The average Bonchev–Trinajstić information content (AvgIpc) is 3.81. The van der Waals surface area contributed by atoms with Crippen molar-refractivity contribution in [1.82, 2.24) is 14.1 Å². The molecule has 0 amide bonds. The molecule has 240 valence electrons. The number of hydrogen-bond acceptors (Lipinski definition) is 1. The van der Waals surface area contributed by atoms with Gasteiger partial charge in [-0.3, -0.25) is 4.57 Å². The Hall–Kier alpha value is -6.45.